The van der Waals surface area contributed by atoms with Crippen LogP contribution in [-0.4, -0.2) is 45.7 Å². The third-order valence-corrected chi connectivity index (χ3v) is 8.87. The summed E-state index contributed by atoms with van der Waals surface area (Å²) in [4.78, 5) is 20.3. The lowest BCUT2D eigenvalue weighted by Crippen LogP contribution is -2.58. The van der Waals surface area contributed by atoms with E-state index in [1.807, 2.05) is 11.8 Å². The van der Waals surface area contributed by atoms with Gasteiger partial charge in [0.25, 0.3) is 0 Å². The van der Waals surface area contributed by atoms with Crippen molar-refractivity contribution < 1.29 is 4.79 Å². The molecular weight excluding hydrogens is 362 g/mol. The van der Waals surface area contributed by atoms with Gasteiger partial charge in [-0.25, -0.2) is 4.98 Å². The van der Waals surface area contributed by atoms with Crippen molar-refractivity contribution in [3.05, 3.63) is 11.1 Å². The van der Waals surface area contributed by atoms with E-state index in [9.17, 15) is 4.79 Å². The standard InChI is InChI=1S/C20H31N3OS2/c1-15-14-25-19(21-15)26-17-8-6-16(7-9-17)22-18(24)20(10-2-3-11-20)23-12-4-5-13-23/h14,16-17H,2-13H2,1H3,(H,22,24). The Morgan fingerprint density at radius 2 is 1.88 bits per heavy atom. The number of hydrogen-bond donors (Lipinski definition) is 1. The summed E-state index contributed by atoms with van der Waals surface area (Å²) in [7, 11) is 0. The van der Waals surface area contributed by atoms with Crippen LogP contribution in [0.1, 0.15) is 69.9 Å². The van der Waals surface area contributed by atoms with Gasteiger partial charge in [-0.15, -0.1) is 11.3 Å². The first kappa shape index (κ1) is 18.8. The Labute approximate surface area is 165 Å². The van der Waals surface area contributed by atoms with Crippen LogP contribution in [0.25, 0.3) is 0 Å². The molecule has 0 spiro atoms. The normalized spacial score (nSPS) is 29.1. The molecule has 1 aromatic heterocycles. The highest BCUT2D eigenvalue weighted by molar-refractivity contribution is 8.01. The summed E-state index contributed by atoms with van der Waals surface area (Å²) in [5.41, 5.74) is 0.947. The van der Waals surface area contributed by atoms with Crippen LogP contribution in [-0.2, 0) is 4.79 Å². The van der Waals surface area contributed by atoms with Crippen molar-refractivity contribution in [2.24, 2.45) is 0 Å². The number of likely N-dealkylation sites (tertiary alicyclic amines) is 1. The lowest BCUT2D eigenvalue weighted by molar-refractivity contribution is -0.133. The van der Waals surface area contributed by atoms with Crippen LogP contribution in [0.5, 0.6) is 0 Å². The fourth-order valence-corrected chi connectivity index (χ4v) is 7.25. The van der Waals surface area contributed by atoms with Gasteiger partial charge in [0.2, 0.25) is 5.91 Å². The molecule has 2 heterocycles. The highest BCUT2D eigenvalue weighted by Gasteiger charge is 2.47. The first-order chi connectivity index (χ1) is 12.7. The molecule has 0 radical (unpaired) electrons. The third kappa shape index (κ3) is 3.97. The second-order valence-corrected chi connectivity index (χ2v) is 10.7. The molecule has 2 saturated carbocycles. The number of nitrogens with one attached hydrogen (secondary N) is 1. The molecule has 3 aliphatic rings. The van der Waals surface area contributed by atoms with E-state index in [-0.39, 0.29) is 5.54 Å². The summed E-state index contributed by atoms with van der Waals surface area (Å²) in [5, 5.41) is 6.26. The number of aryl methyl sites for hydroxylation is 1. The number of aromatic nitrogens is 1. The molecule has 1 N–H and O–H groups in total. The van der Waals surface area contributed by atoms with Gasteiger partial charge in [0.05, 0.1) is 0 Å². The summed E-state index contributed by atoms with van der Waals surface area (Å²) in [6.45, 7) is 4.29. The van der Waals surface area contributed by atoms with Gasteiger partial charge in [0.15, 0.2) is 0 Å². The number of hydrogen-bond acceptors (Lipinski definition) is 5. The van der Waals surface area contributed by atoms with Gasteiger partial charge in [-0.05, 0) is 71.4 Å². The van der Waals surface area contributed by atoms with Gasteiger partial charge in [0, 0.05) is 22.4 Å². The second kappa shape index (κ2) is 8.19. The van der Waals surface area contributed by atoms with Crippen molar-refractivity contribution in [3.63, 3.8) is 0 Å². The van der Waals surface area contributed by atoms with Gasteiger partial charge in [-0.1, -0.05) is 24.6 Å². The largest absolute Gasteiger partial charge is 0.352 e. The van der Waals surface area contributed by atoms with Crippen molar-refractivity contribution >= 4 is 29.0 Å². The summed E-state index contributed by atoms with van der Waals surface area (Å²) < 4.78 is 1.20. The first-order valence-electron chi connectivity index (χ1n) is 10.3. The summed E-state index contributed by atoms with van der Waals surface area (Å²) in [6.07, 6.45) is 11.7. The van der Waals surface area contributed by atoms with E-state index in [0.29, 0.717) is 17.2 Å². The molecule has 6 heteroatoms. The molecule has 0 aromatic carbocycles. The number of carbonyl (C=O) groups is 1. The Kier molecular flexibility index (Phi) is 5.91. The number of rotatable bonds is 5. The molecule has 0 bridgehead atoms. The molecule has 0 unspecified atom stereocenters. The molecule has 26 heavy (non-hydrogen) atoms. The zero-order valence-electron chi connectivity index (χ0n) is 15.8. The smallest absolute Gasteiger partial charge is 0.240 e. The summed E-state index contributed by atoms with van der Waals surface area (Å²) >= 11 is 3.70. The van der Waals surface area contributed by atoms with Gasteiger partial charge in [0.1, 0.15) is 9.88 Å². The van der Waals surface area contributed by atoms with E-state index in [1.165, 1.54) is 42.9 Å². The van der Waals surface area contributed by atoms with Crippen LogP contribution >= 0.6 is 23.1 Å². The molecule has 1 amide bonds. The number of carbonyl (C=O) groups excluding carboxylic acids is 1. The average Bonchev–Trinajstić information content (AvgIpc) is 3.38. The van der Waals surface area contributed by atoms with E-state index < -0.39 is 0 Å². The molecule has 0 atom stereocenters. The van der Waals surface area contributed by atoms with E-state index >= 15 is 0 Å². The van der Waals surface area contributed by atoms with Crippen LogP contribution in [0.2, 0.25) is 0 Å². The maximum absolute atomic E-state index is 13.2. The minimum absolute atomic E-state index is 0.180. The van der Waals surface area contributed by atoms with Crippen molar-refractivity contribution in [2.75, 3.05) is 13.1 Å². The Hall–Kier alpha value is -0.590. The van der Waals surface area contributed by atoms with Gasteiger partial charge >= 0.3 is 0 Å². The molecule has 1 saturated heterocycles. The number of amides is 1. The minimum Gasteiger partial charge on any atom is -0.352 e. The molecular formula is C20H31N3OS2. The lowest BCUT2D eigenvalue weighted by atomic mass is 9.90. The van der Waals surface area contributed by atoms with Crippen LogP contribution < -0.4 is 5.32 Å². The maximum atomic E-state index is 13.2. The van der Waals surface area contributed by atoms with E-state index in [1.54, 1.807) is 11.3 Å². The molecule has 1 aromatic rings. The van der Waals surface area contributed by atoms with E-state index in [2.05, 4.69) is 27.5 Å². The Morgan fingerprint density at radius 1 is 1.19 bits per heavy atom. The number of thiazole rings is 1. The minimum atomic E-state index is -0.180. The lowest BCUT2D eigenvalue weighted by Gasteiger charge is -2.39. The fourth-order valence-electron chi connectivity index (χ4n) is 4.97. The Bertz CT molecular complexity index is 612. The third-order valence-electron chi connectivity index (χ3n) is 6.44. The van der Waals surface area contributed by atoms with Gasteiger partial charge < -0.3 is 5.32 Å². The number of nitrogens with zero attached hydrogens (tertiary/aromatic N) is 2. The molecule has 1 aliphatic heterocycles. The molecule has 2 aliphatic carbocycles. The molecule has 3 fully saturated rings. The molecule has 4 rings (SSSR count). The SMILES string of the molecule is Cc1csc(SC2CCC(NC(=O)C3(N4CCCC4)CCCC3)CC2)n1. The van der Waals surface area contributed by atoms with E-state index in [0.717, 1.165) is 44.5 Å². The van der Waals surface area contributed by atoms with Gasteiger partial charge in [-0.3, -0.25) is 9.69 Å². The predicted molar refractivity (Wildman–Crippen MR) is 109 cm³/mol. The maximum Gasteiger partial charge on any atom is 0.240 e. The van der Waals surface area contributed by atoms with Crippen LogP contribution in [0.3, 0.4) is 0 Å². The summed E-state index contributed by atoms with van der Waals surface area (Å²) in [6, 6.07) is 0.373. The van der Waals surface area contributed by atoms with Crippen molar-refractivity contribution in [1.29, 1.82) is 0 Å². The second-order valence-electron chi connectivity index (χ2n) is 8.25. The zero-order valence-corrected chi connectivity index (χ0v) is 17.5. The van der Waals surface area contributed by atoms with Crippen LogP contribution in [0.4, 0.5) is 0 Å². The van der Waals surface area contributed by atoms with Crippen molar-refractivity contribution in [3.8, 4) is 0 Å². The Balaban J connectivity index is 1.30. The highest BCUT2D eigenvalue weighted by atomic mass is 32.2. The zero-order chi connectivity index (χ0) is 18.0. The fraction of sp³-hybridized carbons (Fsp3) is 0.800. The van der Waals surface area contributed by atoms with Crippen LogP contribution in [0, 0.1) is 6.92 Å². The molecule has 4 nitrogen and oxygen atoms in total. The monoisotopic (exact) mass is 393 g/mol. The highest BCUT2D eigenvalue weighted by Crippen LogP contribution is 2.39. The average molecular weight is 394 g/mol. The number of thioether (sulfide) groups is 1. The van der Waals surface area contributed by atoms with Crippen molar-refractivity contribution in [2.45, 2.75) is 92.3 Å². The topological polar surface area (TPSA) is 45.2 Å². The van der Waals surface area contributed by atoms with Crippen LogP contribution in [0.15, 0.2) is 9.72 Å². The summed E-state index contributed by atoms with van der Waals surface area (Å²) in [5.74, 6) is 0.337. The van der Waals surface area contributed by atoms with Crippen molar-refractivity contribution in [1.82, 2.24) is 15.2 Å². The Morgan fingerprint density at radius 3 is 2.50 bits per heavy atom. The predicted octanol–water partition coefficient (Wildman–Crippen LogP) is 4.38. The molecule has 144 valence electrons. The van der Waals surface area contributed by atoms with E-state index in [4.69, 9.17) is 0 Å². The first-order valence-corrected chi connectivity index (χ1v) is 12.1. The quantitative estimate of drug-likeness (QED) is 0.806. The van der Waals surface area contributed by atoms with Gasteiger partial charge in [-0.2, -0.15) is 0 Å².